The van der Waals surface area contributed by atoms with E-state index in [0.717, 1.165) is 5.69 Å². The summed E-state index contributed by atoms with van der Waals surface area (Å²) in [5.74, 6) is -1.02. The lowest BCUT2D eigenvalue weighted by Crippen LogP contribution is -2.21. The van der Waals surface area contributed by atoms with Crippen LogP contribution in [0.15, 0.2) is 42.5 Å². The van der Waals surface area contributed by atoms with Crippen molar-refractivity contribution in [2.45, 2.75) is 13.5 Å². The van der Waals surface area contributed by atoms with Crippen molar-refractivity contribution in [1.82, 2.24) is 5.43 Å². The second-order valence-electron chi connectivity index (χ2n) is 3.99. The van der Waals surface area contributed by atoms with Gasteiger partial charge in [-0.1, -0.05) is 24.3 Å². The van der Waals surface area contributed by atoms with Crippen LogP contribution in [0.1, 0.15) is 11.1 Å². The summed E-state index contributed by atoms with van der Waals surface area (Å²) in [5.41, 5.74) is 7.20. The van der Waals surface area contributed by atoms with E-state index in [-0.39, 0.29) is 12.1 Å². The molecule has 0 aliphatic carbocycles. The number of rotatable bonds is 4. The van der Waals surface area contributed by atoms with Crippen LogP contribution in [0, 0.1) is 18.6 Å². The monoisotopic (exact) mass is 248 g/mol. The first kappa shape index (κ1) is 12.5. The number of halogens is 2. The Bertz CT molecular complexity index is 527. The minimum absolute atomic E-state index is 0.0500. The molecule has 0 saturated carbocycles. The average molecular weight is 248 g/mol. The molecule has 4 heteroatoms. The van der Waals surface area contributed by atoms with Gasteiger partial charge in [0.1, 0.15) is 11.6 Å². The van der Waals surface area contributed by atoms with Crippen molar-refractivity contribution < 1.29 is 8.78 Å². The van der Waals surface area contributed by atoms with E-state index in [2.05, 4.69) is 10.9 Å². The Labute approximate surface area is 105 Å². The third-order valence-electron chi connectivity index (χ3n) is 2.69. The topological polar surface area (TPSA) is 24.1 Å². The van der Waals surface area contributed by atoms with Crippen LogP contribution in [-0.4, -0.2) is 0 Å². The highest BCUT2D eigenvalue weighted by atomic mass is 19.1. The second kappa shape index (κ2) is 5.60. The van der Waals surface area contributed by atoms with Crippen LogP contribution in [0.25, 0.3) is 0 Å². The fourth-order valence-corrected chi connectivity index (χ4v) is 1.62. The minimum atomic E-state index is -0.521. The first-order valence-electron chi connectivity index (χ1n) is 5.66. The predicted octanol–water partition coefficient (Wildman–Crippen LogP) is 3.39. The first-order valence-corrected chi connectivity index (χ1v) is 5.66. The molecule has 2 aromatic carbocycles. The molecule has 0 amide bonds. The van der Waals surface area contributed by atoms with Crippen molar-refractivity contribution in [3.05, 3.63) is 65.2 Å². The van der Waals surface area contributed by atoms with Crippen molar-refractivity contribution in [3.8, 4) is 0 Å². The van der Waals surface area contributed by atoms with Crippen LogP contribution in [0.4, 0.5) is 14.5 Å². The summed E-state index contributed by atoms with van der Waals surface area (Å²) >= 11 is 0. The lowest BCUT2D eigenvalue weighted by Gasteiger charge is -2.10. The summed E-state index contributed by atoms with van der Waals surface area (Å²) in [4.78, 5) is 0. The average Bonchev–Trinajstić information content (AvgIpc) is 2.40. The zero-order valence-electron chi connectivity index (χ0n) is 10.0. The van der Waals surface area contributed by atoms with Crippen LogP contribution >= 0.6 is 0 Å². The number of para-hydroxylation sites is 1. The van der Waals surface area contributed by atoms with Crippen LogP contribution in [-0.2, 0) is 6.54 Å². The summed E-state index contributed by atoms with van der Waals surface area (Å²) in [6, 6.07) is 12.2. The molecule has 0 saturated heterocycles. The highest BCUT2D eigenvalue weighted by molar-refractivity contribution is 5.41. The van der Waals surface area contributed by atoms with Gasteiger partial charge in [0.25, 0.3) is 0 Å². The molecule has 0 aliphatic rings. The van der Waals surface area contributed by atoms with E-state index in [1.165, 1.54) is 19.1 Å². The van der Waals surface area contributed by atoms with E-state index < -0.39 is 11.6 Å². The maximum Gasteiger partial charge on any atom is 0.133 e. The largest absolute Gasteiger partial charge is 0.321 e. The molecule has 0 atom stereocenters. The molecule has 2 aromatic rings. The van der Waals surface area contributed by atoms with Gasteiger partial charge in [0.05, 0.1) is 0 Å². The summed E-state index contributed by atoms with van der Waals surface area (Å²) in [6.45, 7) is 1.71. The van der Waals surface area contributed by atoms with E-state index in [0.29, 0.717) is 5.56 Å². The molecule has 18 heavy (non-hydrogen) atoms. The van der Waals surface area contributed by atoms with Crippen molar-refractivity contribution in [2.75, 3.05) is 5.43 Å². The fourth-order valence-electron chi connectivity index (χ4n) is 1.62. The van der Waals surface area contributed by atoms with Gasteiger partial charge in [-0.15, -0.1) is 0 Å². The second-order valence-corrected chi connectivity index (χ2v) is 3.99. The molecule has 0 radical (unpaired) electrons. The van der Waals surface area contributed by atoms with Crippen molar-refractivity contribution in [3.63, 3.8) is 0 Å². The van der Waals surface area contributed by atoms with E-state index in [4.69, 9.17) is 0 Å². The molecule has 0 aliphatic heterocycles. The van der Waals surface area contributed by atoms with Crippen molar-refractivity contribution >= 4 is 5.69 Å². The molecule has 0 aromatic heterocycles. The molecule has 2 rings (SSSR count). The highest BCUT2D eigenvalue weighted by Crippen LogP contribution is 2.15. The minimum Gasteiger partial charge on any atom is -0.321 e. The predicted molar refractivity (Wildman–Crippen MR) is 68.0 cm³/mol. The van der Waals surface area contributed by atoms with E-state index in [9.17, 15) is 8.78 Å². The molecule has 0 unspecified atom stereocenters. The SMILES string of the molecule is Cc1c(F)ccc(CNNc2ccccc2)c1F. The number of hydrogen-bond donors (Lipinski definition) is 2. The van der Waals surface area contributed by atoms with E-state index >= 15 is 0 Å². The van der Waals surface area contributed by atoms with E-state index in [1.54, 1.807) is 0 Å². The Balaban J connectivity index is 1.97. The van der Waals surface area contributed by atoms with Gasteiger partial charge in [-0.05, 0) is 25.1 Å². The van der Waals surface area contributed by atoms with Gasteiger partial charge in [-0.3, -0.25) is 0 Å². The Kier molecular flexibility index (Phi) is 3.89. The molecular weight excluding hydrogens is 234 g/mol. The third kappa shape index (κ3) is 2.84. The number of hydrogen-bond acceptors (Lipinski definition) is 2. The van der Waals surface area contributed by atoms with Gasteiger partial charge in [0.15, 0.2) is 0 Å². The summed E-state index contributed by atoms with van der Waals surface area (Å²) < 4.78 is 26.8. The Morgan fingerprint density at radius 1 is 1.00 bits per heavy atom. The van der Waals surface area contributed by atoms with Gasteiger partial charge in [-0.2, -0.15) is 0 Å². The maximum absolute atomic E-state index is 13.7. The van der Waals surface area contributed by atoms with Gasteiger partial charge in [0.2, 0.25) is 0 Å². The number of anilines is 1. The summed E-state index contributed by atoms with van der Waals surface area (Å²) in [7, 11) is 0. The highest BCUT2D eigenvalue weighted by Gasteiger charge is 2.08. The van der Waals surface area contributed by atoms with E-state index in [1.807, 2.05) is 30.3 Å². The number of benzene rings is 2. The molecule has 94 valence electrons. The molecule has 2 N–H and O–H groups in total. The zero-order chi connectivity index (χ0) is 13.0. The number of nitrogens with one attached hydrogen (secondary N) is 2. The van der Waals surface area contributed by atoms with Gasteiger partial charge >= 0.3 is 0 Å². The normalized spacial score (nSPS) is 10.4. The molecular formula is C14H14F2N2. The molecule has 2 nitrogen and oxygen atoms in total. The standard InChI is InChI=1S/C14H14F2N2/c1-10-13(15)8-7-11(14(10)16)9-17-18-12-5-3-2-4-6-12/h2-8,17-18H,9H2,1H3. The lowest BCUT2D eigenvalue weighted by molar-refractivity contribution is 0.552. The Morgan fingerprint density at radius 3 is 2.44 bits per heavy atom. The summed E-state index contributed by atoms with van der Waals surface area (Å²) in [6.07, 6.45) is 0. The van der Waals surface area contributed by atoms with Crippen LogP contribution in [0.5, 0.6) is 0 Å². The lowest BCUT2D eigenvalue weighted by atomic mass is 10.1. The zero-order valence-corrected chi connectivity index (χ0v) is 10.0. The molecule has 0 fully saturated rings. The van der Waals surface area contributed by atoms with Crippen molar-refractivity contribution in [2.24, 2.45) is 0 Å². The maximum atomic E-state index is 13.7. The van der Waals surface area contributed by atoms with Crippen LogP contribution in [0.3, 0.4) is 0 Å². The Hall–Kier alpha value is -1.94. The third-order valence-corrected chi connectivity index (χ3v) is 2.69. The molecule has 0 spiro atoms. The first-order chi connectivity index (χ1) is 8.68. The Morgan fingerprint density at radius 2 is 1.72 bits per heavy atom. The van der Waals surface area contributed by atoms with Crippen molar-refractivity contribution in [1.29, 1.82) is 0 Å². The van der Waals surface area contributed by atoms with Crippen LogP contribution < -0.4 is 10.9 Å². The number of hydrazine groups is 1. The van der Waals surface area contributed by atoms with Gasteiger partial charge in [0, 0.05) is 23.4 Å². The molecule has 0 bridgehead atoms. The van der Waals surface area contributed by atoms with Gasteiger partial charge in [-0.25, -0.2) is 14.2 Å². The molecule has 0 heterocycles. The van der Waals surface area contributed by atoms with Crippen LogP contribution in [0.2, 0.25) is 0 Å². The van der Waals surface area contributed by atoms with Gasteiger partial charge < -0.3 is 5.43 Å². The quantitative estimate of drug-likeness (QED) is 0.810. The smallest absolute Gasteiger partial charge is 0.133 e. The fraction of sp³-hybridized carbons (Fsp3) is 0.143. The summed E-state index contributed by atoms with van der Waals surface area (Å²) in [5, 5.41) is 0.